The first kappa shape index (κ1) is 23.5. The Bertz CT molecular complexity index is 1050. The summed E-state index contributed by atoms with van der Waals surface area (Å²) >= 11 is 0. The number of hydrogen-bond acceptors (Lipinski definition) is 5. The van der Waals surface area contributed by atoms with Gasteiger partial charge in [0, 0.05) is 44.5 Å². The number of rotatable bonds is 8. The molecule has 3 rings (SSSR count). The van der Waals surface area contributed by atoms with Crippen LogP contribution in [0, 0.1) is 0 Å². The van der Waals surface area contributed by atoms with Crippen molar-refractivity contribution in [1.82, 2.24) is 14.9 Å². The molecule has 2 amide bonds. The second kappa shape index (κ2) is 10.9. The molecule has 0 atom stereocenters. The van der Waals surface area contributed by atoms with Gasteiger partial charge in [-0.1, -0.05) is 37.3 Å². The molecule has 1 fully saturated rings. The molecule has 2 aromatic rings. The number of piperazine rings is 1. The molecule has 8 nitrogen and oxygen atoms in total. The molecule has 1 aliphatic heterocycles. The number of hydrogen-bond donors (Lipinski definition) is 2. The monoisotopic (exact) mass is 456 g/mol. The quantitative estimate of drug-likeness (QED) is 0.586. The third-order valence-corrected chi connectivity index (χ3v) is 6.68. The molecule has 0 spiro atoms. The molecular formula is C23H28N4O4S. The highest BCUT2D eigenvalue weighted by Crippen LogP contribution is 2.15. The maximum Gasteiger partial charge on any atom is 0.244 e. The fourth-order valence-electron chi connectivity index (χ4n) is 3.39. The molecule has 0 bridgehead atoms. The summed E-state index contributed by atoms with van der Waals surface area (Å²) in [6, 6.07) is 16.3. The van der Waals surface area contributed by atoms with Crippen LogP contribution >= 0.6 is 0 Å². The van der Waals surface area contributed by atoms with Gasteiger partial charge >= 0.3 is 0 Å². The Hall–Kier alpha value is -3.17. The van der Waals surface area contributed by atoms with Gasteiger partial charge in [0.25, 0.3) is 0 Å². The van der Waals surface area contributed by atoms with Crippen molar-refractivity contribution in [1.29, 1.82) is 0 Å². The first-order valence-electron chi connectivity index (χ1n) is 10.5. The van der Waals surface area contributed by atoms with Crippen LogP contribution in [-0.2, 0) is 19.6 Å². The minimum atomic E-state index is -3.51. The first-order chi connectivity index (χ1) is 15.4. The van der Waals surface area contributed by atoms with Crippen molar-refractivity contribution >= 4 is 33.6 Å². The van der Waals surface area contributed by atoms with Crippen LogP contribution in [0.2, 0.25) is 0 Å². The molecule has 0 radical (unpaired) electrons. The normalized spacial score (nSPS) is 14.5. The summed E-state index contributed by atoms with van der Waals surface area (Å²) < 4.78 is 26.3. The van der Waals surface area contributed by atoms with Crippen LogP contribution < -0.4 is 14.9 Å². The maximum absolute atomic E-state index is 12.4. The molecule has 32 heavy (non-hydrogen) atoms. The van der Waals surface area contributed by atoms with E-state index in [1.165, 1.54) is 18.2 Å². The number of carbonyl (C=O) groups is 2. The average molecular weight is 457 g/mol. The van der Waals surface area contributed by atoms with E-state index in [1.54, 1.807) is 30.0 Å². The standard InChI is InChI=1S/C23H28N4O4S/c1-2-25-32(30,31)21-11-8-19(9-12-21)10-13-22(28)24-18-23(29)27-16-14-26(15-17-27)20-6-4-3-5-7-20/h3-13,25H,2,14-18H2,1H3,(H,24,28)/b13-10+. The van der Waals surface area contributed by atoms with Crippen molar-refractivity contribution < 1.29 is 18.0 Å². The number of nitrogens with zero attached hydrogens (tertiary/aromatic N) is 2. The molecule has 0 aromatic heterocycles. The highest BCUT2D eigenvalue weighted by molar-refractivity contribution is 7.89. The Kier molecular flexibility index (Phi) is 8.02. The summed E-state index contributed by atoms with van der Waals surface area (Å²) in [7, 11) is -3.51. The average Bonchev–Trinajstić information content (AvgIpc) is 2.82. The van der Waals surface area contributed by atoms with Crippen LogP contribution in [0.5, 0.6) is 0 Å². The number of amides is 2. The van der Waals surface area contributed by atoms with E-state index in [2.05, 4.69) is 27.1 Å². The van der Waals surface area contributed by atoms with E-state index in [4.69, 9.17) is 0 Å². The third kappa shape index (κ3) is 6.41. The fraction of sp³-hybridized carbons (Fsp3) is 0.304. The Morgan fingerprint density at radius 3 is 2.25 bits per heavy atom. The zero-order chi connectivity index (χ0) is 23.0. The van der Waals surface area contributed by atoms with Crippen molar-refractivity contribution in [2.45, 2.75) is 11.8 Å². The summed E-state index contributed by atoms with van der Waals surface area (Å²) in [5.41, 5.74) is 1.82. The van der Waals surface area contributed by atoms with E-state index < -0.39 is 10.0 Å². The Balaban J connectivity index is 1.43. The second-order valence-corrected chi connectivity index (χ2v) is 9.09. The Morgan fingerprint density at radius 1 is 0.969 bits per heavy atom. The van der Waals surface area contributed by atoms with Gasteiger partial charge in [-0.3, -0.25) is 9.59 Å². The largest absolute Gasteiger partial charge is 0.368 e. The van der Waals surface area contributed by atoms with Gasteiger partial charge < -0.3 is 15.1 Å². The topological polar surface area (TPSA) is 98.8 Å². The van der Waals surface area contributed by atoms with Gasteiger partial charge in [0.05, 0.1) is 11.4 Å². The van der Waals surface area contributed by atoms with E-state index in [9.17, 15) is 18.0 Å². The zero-order valence-corrected chi connectivity index (χ0v) is 18.8. The molecule has 0 aliphatic carbocycles. The number of sulfonamides is 1. The Morgan fingerprint density at radius 2 is 1.62 bits per heavy atom. The minimum absolute atomic E-state index is 0.0611. The van der Waals surface area contributed by atoms with Gasteiger partial charge in [0.15, 0.2) is 0 Å². The van der Waals surface area contributed by atoms with E-state index in [1.807, 2.05) is 18.2 Å². The van der Waals surface area contributed by atoms with Crippen LogP contribution in [0.3, 0.4) is 0 Å². The molecule has 2 aromatic carbocycles. The van der Waals surface area contributed by atoms with E-state index in [0.717, 1.165) is 18.8 Å². The molecule has 1 aliphatic rings. The fourth-order valence-corrected chi connectivity index (χ4v) is 4.43. The highest BCUT2D eigenvalue weighted by atomic mass is 32.2. The van der Waals surface area contributed by atoms with Crippen molar-refractivity contribution in [3.63, 3.8) is 0 Å². The van der Waals surface area contributed by atoms with Gasteiger partial charge in [-0.15, -0.1) is 0 Å². The van der Waals surface area contributed by atoms with E-state index >= 15 is 0 Å². The van der Waals surface area contributed by atoms with E-state index in [0.29, 0.717) is 25.2 Å². The Labute approximate surface area is 189 Å². The van der Waals surface area contributed by atoms with Crippen molar-refractivity contribution in [2.75, 3.05) is 44.2 Å². The van der Waals surface area contributed by atoms with Crippen LogP contribution in [0.15, 0.2) is 65.6 Å². The molecule has 9 heteroatoms. The zero-order valence-electron chi connectivity index (χ0n) is 18.0. The van der Waals surface area contributed by atoms with Gasteiger partial charge in [0.1, 0.15) is 0 Å². The van der Waals surface area contributed by atoms with Crippen molar-refractivity contribution in [2.24, 2.45) is 0 Å². The van der Waals surface area contributed by atoms with Crippen LogP contribution in [0.4, 0.5) is 5.69 Å². The molecular weight excluding hydrogens is 428 g/mol. The lowest BCUT2D eigenvalue weighted by atomic mass is 10.2. The van der Waals surface area contributed by atoms with Gasteiger partial charge in [-0.05, 0) is 35.9 Å². The molecule has 2 N–H and O–H groups in total. The lowest BCUT2D eigenvalue weighted by molar-refractivity contribution is -0.132. The number of para-hydroxylation sites is 1. The summed E-state index contributed by atoms with van der Waals surface area (Å²) in [6.45, 7) is 4.69. The SMILES string of the molecule is CCNS(=O)(=O)c1ccc(/C=C/C(=O)NCC(=O)N2CCN(c3ccccc3)CC2)cc1. The molecule has 1 heterocycles. The number of benzene rings is 2. The second-order valence-electron chi connectivity index (χ2n) is 7.32. The number of nitrogens with one attached hydrogen (secondary N) is 2. The van der Waals surface area contributed by atoms with Crippen LogP contribution in [0.25, 0.3) is 6.08 Å². The minimum Gasteiger partial charge on any atom is -0.368 e. The summed E-state index contributed by atoms with van der Waals surface area (Å²) in [6.07, 6.45) is 2.90. The highest BCUT2D eigenvalue weighted by Gasteiger charge is 2.21. The predicted molar refractivity (Wildman–Crippen MR) is 125 cm³/mol. The van der Waals surface area contributed by atoms with Gasteiger partial charge in [-0.25, -0.2) is 13.1 Å². The van der Waals surface area contributed by atoms with Crippen LogP contribution in [0.1, 0.15) is 12.5 Å². The summed E-state index contributed by atoms with van der Waals surface area (Å²) in [5.74, 6) is -0.497. The lowest BCUT2D eigenvalue weighted by Crippen LogP contribution is -2.51. The van der Waals surface area contributed by atoms with Crippen molar-refractivity contribution in [3.8, 4) is 0 Å². The smallest absolute Gasteiger partial charge is 0.244 e. The lowest BCUT2D eigenvalue weighted by Gasteiger charge is -2.36. The molecule has 1 saturated heterocycles. The van der Waals surface area contributed by atoms with Gasteiger partial charge in [-0.2, -0.15) is 0 Å². The maximum atomic E-state index is 12.4. The van der Waals surface area contributed by atoms with E-state index in [-0.39, 0.29) is 23.3 Å². The summed E-state index contributed by atoms with van der Waals surface area (Å²) in [5, 5.41) is 2.61. The number of carbonyl (C=O) groups excluding carboxylic acids is 2. The third-order valence-electron chi connectivity index (χ3n) is 5.12. The van der Waals surface area contributed by atoms with Gasteiger partial charge in [0.2, 0.25) is 21.8 Å². The molecule has 0 saturated carbocycles. The molecule has 0 unspecified atom stereocenters. The predicted octanol–water partition coefficient (Wildman–Crippen LogP) is 1.46. The first-order valence-corrected chi connectivity index (χ1v) is 12.0. The van der Waals surface area contributed by atoms with Crippen LogP contribution in [-0.4, -0.2) is 64.4 Å². The molecule has 170 valence electrons. The summed E-state index contributed by atoms with van der Waals surface area (Å²) in [4.78, 5) is 28.6. The van der Waals surface area contributed by atoms with Crippen molar-refractivity contribution in [3.05, 3.63) is 66.2 Å². The number of anilines is 1.